The first-order valence-corrected chi connectivity index (χ1v) is 8.13. The van der Waals surface area contributed by atoms with Crippen molar-refractivity contribution in [2.75, 3.05) is 20.3 Å². The molecule has 6 heteroatoms. The minimum absolute atomic E-state index is 0.158. The van der Waals surface area contributed by atoms with Crippen molar-refractivity contribution in [1.82, 2.24) is 4.31 Å². The molecule has 5 nitrogen and oxygen atoms in total. The van der Waals surface area contributed by atoms with Gasteiger partial charge in [0.2, 0.25) is 10.0 Å². The third-order valence-corrected chi connectivity index (χ3v) is 5.87. The van der Waals surface area contributed by atoms with Crippen molar-refractivity contribution in [2.24, 2.45) is 5.92 Å². The van der Waals surface area contributed by atoms with E-state index in [0.29, 0.717) is 12.3 Å². The van der Waals surface area contributed by atoms with Crippen molar-refractivity contribution in [3.05, 3.63) is 23.8 Å². The van der Waals surface area contributed by atoms with Crippen LogP contribution in [0, 0.1) is 12.8 Å². The summed E-state index contributed by atoms with van der Waals surface area (Å²) in [5.41, 5.74) is 0.858. The molecule has 0 spiro atoms. The molecule has 0 bridgehead atoms. The Labute approximate surface area is 120 Å². The molecule has 1 aromatic carbocycles. The highest BCUT2D eigenvalue weighted by Gasteiger charge is 2.40. The number of aryl methyl sites for hydroxylation is 1. The van der Waals surface area contributed by atoms with Crippen LogP contribution in [0.1, 0.15) is 18.9 Å². The van der Waals surface area contributed by atoms with Gasteiger partial charge in [0.1, 0.15) is 10.6 Å². The summed E-state index contributed by atoms with van der Waals surface area (Å²) in [4.78, 5) is 0.174. The van der Waals surface area contributed by atoms with E-state index in [9.17, 15) is 13.5 Å². The first kappa shape index (κ1) is 15.3. The number of benzene rings is 1. The second-order valence-electron chi connectivity index (χ2n) is 5.29. The van der Waals surface area contributed by atoms with Crippen LogP contribution in [0.2, 0.25) is 0 Å². The second-order valence-corrected chi connectivity index (χ2v) is 7.14. The van der Waals surface area contributed by atoms with Gasteiger partial charge in [0.25, 0.3) is 0 Å². The number of hydrogen-bond donors (Lipinski definition) is 1. The summed E-state index contributed by atoms with van der Waals surface area (Å²) in [6.07, 6.45) is 0.762. The number of aliphatic hydroxyl groups excluding tert-OH is 1. The van der Waals surface area contributed by atoms with Crippen molar-refractivity contribution in [3.8, 4) is 5.75 Å². The Bertz CT molecular complexity index is 585. The van der Waals surface area contributed by atoms with Crippen molar-refractivity contribution in [1.29, 1.82) is 0 Å². The van der Waals surface area contributed by atoms with Gasteiger partial charge in [-0.15, -0.1) is 0 Å². The molecule has 1 heterocycles. The normalized spacial score (nSPS) is 24.0. The number of nitrogens with zero attached hydrogens (tertiary/aromatic N) is 1. The van der Waals surface area contributed by atoms with Crippen LogP contribution in [0.4, 0.5) is 0 Å². The number of rotatable bonds is 4. The number of ether oxygens (including phenoxy) is 1. The number of methoxy groups -OCH3 is 1. The van der Waals surface area contributed by atoms with Crippen LogP contribution in [0.15, 0.2) is 23.1 Å². The minimum Gasteiger partial charge on any atom is -0.495 e. The molecule has 1 aliphatic rings. The van der Waals surface area contributed by atoms with E-state index in [2.05, 4.69) is 0 Å². The average molecular weight is 299 g/mol. The van der Waals surface area contributed by atoms with Gasteiger partial charge in [-0.3, -0.25) is 0 Å². The van der Waals surface area contributed by atoms with Gasteiger partial charge in [-0.25, -0.2) is 8.42 Å². The number of sulfonamides is 1. The molecule has 1 N–H and O–H groups in total. The Morgan fingerprint density at radius 1 is 1.45 bits per heavy atom. The number of hydrogen-bond acceptors (Lipinski definition) is 4. The van der Waals surface area contributed by atoms with Gasteiger partial charge >= 0.3 is 0 Å². The van der Waals surface area contributed by atoms with Gasteiger partial charge in [-0.2, -0.15) is 4.31 Å². The second kappa shape index (κ2) is 5.71. The molecule has 1 aromatic rings. The molecule has 2 rings (SSSR count). The molecular formula is C14H21NO4S. The van der Waals surface area contributed by atoms with Crippen LogP contribution in [-0.2, 0) is 10.0 Å². The van der Waals surface area contributed by atoms with Gasteiger partial charge in [0.05, 0.1) is 19.8 Å². The first-order chi connectivity index (χ1) is 9.41. The Hall–Kier alpha value is -1.11. The maximum Gasteiger partial charge on any atom is 0.247 e. The van der Waals surface area contributed by atoms with E-state index in [1.165, 1.54) is 11.4 Å². The molecule has 1 fully saturated rings. The predicted octanol–water partition coefficient (Wildman–Crippen LogP) is 1.40. The van der Waals surface area contributed by atoms with Crippen molar-refractivity contribution >= 4 is 10.0 Å². The molecule has 112 valence electrons. The lowest BCUT2D eigenvalue weighted by atomic mass is 10.0. The van der Waals surface area contributed by atoms with Crippen LogP contribution in [0.25, 0.3) is 0 Å². The Morgan fingerprint density at radius 2 is 2.15 bits per heavy atom. The summed E-state index contributed by atoms with van der Waals surface area (Å²) < 4.78 is 32.2. The van der Waals surface area contributed by atoms with Gasteiger partial charge in [-0.05, 0) is 37.0 Å². The molecule has 1 saturated heterocycles. The Morgan fingerprint density at radius 3 is 2.75 bits per heavy atom. The largest absolute Gasteiger partial charge is 0.495 e. The molecule has 0 amide bonds. The molecular weight excluding hydrogens is 278 g/mol. The van der Waals surface area contributed by atoms with Crippen molar-refractivity contribution in [2.45, 2.75) is 31.2 Å². The molecule has 0 radical (unpaired) electrons. The van der Waals surface area contributed by atoms with Crippen LogP contribution in [0.3, 0.4) is 0 Å². The van der Waals surface area contributed by atoms with Crippen LogP contribution >= 0.6 is 0 Å². The van der Waals surface area contributed by atoms with Gasteiger partial charge in [0, 0.05) is 6.54 Å². The lowest BCUT2D eigenvalue weighted by Gasteiger charge is -2.25. The van der Waals surface area contributed by atoms with E-state index in [0.717, 1.165) is 12.0 Å². The highest BCUT2D eigenvalue weighted by molar-refractivity contribution is 7.89. The topological polar surface area (TPSA) is 66.8 Å². The quantitative estimate of drug-likeness (QED) is 0.912. The number of aliphatic hydroxyl groups is 1. The lowest BCUT2D eigenvalue weighted by molar-refractivity contribution is 0.191. The summed E-state index contributed by atoms with van der Waals surface area (Å²) >= 11 is 0. The smallest absolute Gasteiger partial charge is 0.247 e. The SMILES string of the molecule is COc1ccc(C)cc1S(=O)(=O)N1CCC(C)C1CO. The predicted molar refractivity (Wildman–Crippen MR) is 76.3 cm³/mol. The molecule has 2 atom stereocenters. The zero-order valence-corrected chi connectivity index (χ0v) is 12.9. The van der Waals surface area contributed by atoms with E-state index < -0.39 is 10.0 Å². The fourth-order valence-corrected chi connectivity index (χ4v) is 4.62. The third kappa shape index (κ3) is 2.55. The molecule has 1 aliphatic heterocycles. The summed E-state index contributed by atoms with van der Waals surface area (Å²) in [6.45, 7) is 4.08. The van der Waals surface area contributed by atoms with Gasteiger partial charge in [0.15, 0.2) is 0 Å². The lowest BCUT2D eigenvalue weighted by Crippen LogP contribution is -2.39. The molecule has 20 heavy (non-hydrogen) atoms. The van der Waals surface area contributed by atoms with Crippen LogP contribution in [-0.4, -0.2) is 44.1 Å². The standard InChI is InChI=1S/C14H21NO4S/c1-10-4-5-13(19-3)14(8-10)20(17,18)15-7-6-11(2)12(15)9-16/h4-5,8,11-12,16H,6-7,9H2,1-3H3. The summed E-state index contributed by atoms with van der Waals surface area (Å²) in [6, 6.07) is 4.74. The van der Waals surface area contributed by atoms with E-state index in [4.69, 9.17) is 4.74 Å². The average Bonchev–Trinajstić information content (AvgIpc) is 2.80. The third-order valence-electron chi connectivity index (χ3n) is 3.92. The Kier molecular flexibility index (Phi) is 4.36. The summed E-state index contributed by atoms with van der Waals surface area (Å²) in [5, 5.41) is 9.46. The van der Waals surface area contributed by atoms with Crippen molar-refractivity contribution in [3.63, 3.8) is 0 Å². The van der Waals surface area contributed by atoms with Crippen LogP contribution in [0.5, 0.6) is 5.75 Å². The molecule has 2 unspecified atom stereocenters. The highest BCUT2D eigenvalue weighted by atomic mass is 32.2. The monoisotopic (exact) mass is 299 g/mol. The fourth-order valence-electron chi connectivity index (χ4n) is 2.65. The van der Waals surface area contributed by atoms with E-state index >= 15 is 0 Å². The first-order valence-electron chi connectivity index (χ1n) is 6.69. The molecule has 0 aromatic heterocycles. The summed E-state index contributed by atoms with van der Waals surface area (Å²) in [5.74, 6) is 0.498. The van der Waals surface area contributed by atoms with E-state index in [-0.39, 0.29) is 23.5 Å². The van der Waals surface area contributed by atoms with Crippen LogP contribution < -0.4 is 4.74 Å². The molecule has 0 aliphatic carbocycles. The van der Waals surface area contributed by atoms with Crippen molar-refractivity contribution < 1.29 is 18.3 Å². The van der Waals surface area contributed by atoms with Gasteiger partial charge in [-0.1, -0.05) is 13.0 Å². The summed E-state index contributed by atoms with van der Waals surface area (Å²) in [7, 11) is -2.19. The Balaban J connectivity index is 2.48. The van der Waals surface area contributed by atoms with Gasteiger partial charge < -0.3 is 9.84 Å². The zero-order chi connectivity index (χ0) is 14.9. The maximum atomic E-state index is 12.8. The molecule has 0 saturated carbocycles. The fraction of sp³-hybridized carbons (Fsp3) is 0.571. The zero-order valence-electron chi connectivity index (χ0n) is 12.0. The minimum atomic E-state index is -3.65. The van der Waals surface area contributed by atoms with E-state index in [1.807, 2.05) is 19.9 Å². The maximum absolute atomic E-state index is 12.8. The highest BCUT2D eigenvalue weighted by Crippen LogP contribution is 2.34. The van der Waals surface area contributed by atoms with E-state index in [1.54, 1.807) is 12.1 Å².